The van der Waals surface area contributed by atoms with Crippen LogP contribution in [0.4, 0.5) is 17.1 Å². The number of anilines is 2. The summed E-state index contributed by atoms with van der Waals surface area (Å²) in [5.74, 6) is 0.121. The number of aromatic nitrogens is 1. The van der Waals surface area contributed by atoms with Crippen LogP contribution in [0.25, 0.3) is 0 Å². The lowest BCUT2D eigenvalue weighted by atomic mass is 9.97. The Bertz CT molecular complexity index is 1160. The number of hydrogen-bond donors (Lipinski definition) is 1. The van der Waals surface area contributed by atoms with E-state index < -0.39 is 0 Å². The van der Waals surface area contributed by atoms with Gasteiger partial charge in [0.15, 0.2) is 0 Å². The highest BCUT2D eigenvalue weighted by Crippen LogP contribution is 2.35. The van der Waals surface area contributed by atoms with E-state index in [-0.39, 0.29) is 11.8 Å². The van der Waals surface area contributed by atoms with Crippen molar-refractivity contribution in [3.8, 4) is 0 Å². The molecular formula is C26H26N4O. The normalized spacial score (nSPS) is 20.3. The lowest BCUT2D eigenvalue weighted by Crippen LogP contribution is -2.20. The SMILES string of the molecule is Cc1cc(N=CC2C(=O)Nc3cccc(C)c32)ccc1N1CCC(c2ccccn2)C1. The lowest BCUT2D eigenvalue weighted by molar-refractivity contribution is -0.115. The van der Waals surface area contributed by atoms with Gasteiger partial charge in [0.05, 0.1) is 5.69 Å². The molecule has 2 aliphatic heterocycles. The molecule has 3 aromatic rings. The summed E-state index contributed by atoms with van der Waals surface area (Å²) in [7, 11) is 0. The van der Waals surface area contributed by atoms with Crippen molar-refractivity contribution >= 4 is 29.2 Å². The zero-order valence-electron chi connectivity index (χ0n) is 17.9. The molecule has 31 heavy (non-hydrogen) atoms. The fourth-order valence-electron chi connectivity index (χ4n) is 4.76. The number of hydrogen-bond acceptors (Lipinski definition) is 4. The minimum atomic E-state index is -0.339. The molecule has 1 aromatic heterocycles. The predicted molar refractivity (Wildman–Crippen MR) is 126 cm³/mol. The molecule has 3 heterocycles. The minimum absolute atomic E-state index is 0.0148. The van der Waals surface area contributed by atoms with Crippen LogP contribution in [0.2, 0.25) is 0 Å². The first-order valence-corrected chi connectivity index (χ1v) is 10.8. The molecule has 1 N–H and O–H groups in total. The zero-order chi connectivity index (χ0) is 21.4. The number of carbonyl (C=O) groups excluding carboxylic acids is 1. The van der Waals surface area contributed by atoms with Crippen LogP contribution in [-0.2, 0) is 4.79 Å². The third-order valence-electron chi connectivity index (χ3n) is 6.36. The van der Waals surface area contributed by atoms with Crippen molar-refractivity contribution in [2.75, 3.05) is 23.3 Å². The van der Waals surface area contributed by atoms with Crippen LogP contribution in [0.5, 0.6) is 0 Å². The van der Waals surface area contributed by atoms with E-state index in [0.717, 1.165) is 42.0 Å². The Morgan fingerprint density at radius 1 is 1.10 bits per heavy atom. The van der Waals surface area contributed by atoms with E-state index in [2.05, 4.69) is 51.4 Å². The van der Waals surface area contributed by atoms with Crippen molar-refractivity contribution in [2.24, 2.45) is 4.99 Å². The zero-order valence-corrected chi connectivity index (χ0v) is 17.9. The molecule has 0 spiro atoms. The van der Waals surface area contributed by atoms with Crippen molar-refractivity contribution in [3.63, 3.8) is 0 Å². The number of fused-ring (bicyclic) bond motifs is 1. The van der Waals surface area contributed by atoms with E-state index in [0.29, 0.717) is 5.92 Å². The first-order valence-electron chi connectivity index (χ1n) is 10.8. The molecule has 2 aliphatic rings. The molecular weight excluding hydrogens is 384 g/mol. The number of benzene rings is 2. The summed E-state index contributed by atoms with van der Waals surface area (Å²) in [4.78, 5) is 24.1. The average molecular weight is 411 g/mol. The molecule has 1 amide bonds. The number of aryl methyl sites for hydroxylation is 2. The number of pyridine rings is 1. The Balaban J connectivity index is 1.32. The Morgan fingerprint density at radius 2 is 2.00 bits per heavy atom. The summed E-state index contributed by atoms with van der Waals surface area (Å²) in [6.45, 7) is 6.18. The van der Waals surface area contributed by atoms with Gasteiger partial charge in [-0.3, -0.25) is 14.8 Å². The molecule has 2 atom stereocenters. The molecule has 2 aromatic carbocycles. The topological polar surface area (TPSA) is 57.6 Å². The van der Waals surface area contributed by atoms with Crippen molar-refractivity contribution in [1.29, 1.82) is 0 Å². The molecule has 0 bridgehead atoms. The van der Waals surface area contributed by atoms with E-state index in [9.17, 15) is 4.79 Å². The van der Waals surface area contributed by atoms with E-state index in [1.54, 1.807) is 6.21 Å². The van der Waals surface area contributed by atoms with Crippen LogP contribution in [-0.4, -0.2) is 30.2 Å². The third-order valence-corrected chi connectivity index (χ3v) is 6.36. The van der Waals surface area contributed by atoms with Gasteiger partial charge in [-0.25, -0.2) is 0 Å². The smallest absolute Gasteiger partial charge is 0.237 e. The van der Waals surface area contributed by atoms with Crippen LogP contribution in [0.3, 0.4) is 0 Å². The second kappa shape index (κ2) is 7.99. The summed E-state index contributed by atoms with van der Waals surface area (Å²) in [5.41, 5.74) is 7.52. The van der Waals surface area contributed by atoms with Crippen LogP contribution in [0, 0.1) is 13.8 Å². The van der Waals surface area contributed by atoms with Gasteiger partial charge in [-0.15, -0.1) is 0 Å². The van der Waals surface area contributed by atoms with Crippen LogP contribution >= 0.6 is 0 Å². The molecule has 0 saturated carbocycles. The molecule has 5 nitrogen and oxygen atoms in total. The van der Waals surface area contributed by atoms with Gasteiger partial charge in [-0.1, -0.05) is 18.2 Å². The van der Waals surface area contributed by atoms with Gasteiger partial charge in [-0.2, -0.15) is 0 Å². The number of aliphatic imine (C=N–C) groups is 1. The second-order valence-electron chi connectivity index (χ2n) is 8.44. The van der Waals surface area contributed by atoms with Gasteiger partial charge < -0.3 is 10.2 Å². The second-order valence-corrected chi connectivity index (χ2v) is 8.44. The Morgan fingerprint density at radius 3 is 2.81 bits per heavy atom. The van der Waals surface area contributed by atoms with E-state index in [1.807, 2.05) is 43.5 Å². The van der Waals surface area contributed by atoms with Crippen molar-refractivity contribution < 1.29 is 4.79 Å². The summed E-state index contributed by atoms with van der Waals surface area (Å²) in [5, 5.41) is 2.96. The maximum absolute atomic E-state index is 12.4. The Hall–Kier alpha value is -3.47. The molecule has 2 unspecified atom stereocenters. The summed E-state index contributed by atoms with van der Waals surface area (Å²) in [6.07, 6.45) is 4.77. The fraction of sp³-hybridized carbons (Fsp3) is 0.269. The van der Waals surface area contributed by atoms with Crippen LogP contribution in [0.1, 0.15) is 40.6 Å². The fourth-order valence-corrected chi connectivity index (χ4v) is 4.76. The van der Waals surface area contributed by atoms with Crippen LogP contribution in [0.15, 0.2) is 65.8 Å². The molecule has 5 heteroatoms. The number of nitrogens with zero attached hydrogens (tertiary/aromatic N) is 3. The van der Waals surface area contributed by atoms with E-state index >= 15 is 0 Å². The molecule has 0 radical (unpaired) electrons. The number of amides is 1. The summed E-state index contributed by atoms with van der Waals surface area (Å²) < 4.78 is 0. The van der Waals surface area contributed by atoms with E-state index in [4.69, 9.17) is 0 Å². The van der Waals surface area contributed by atoms with Gasteiger partial charge in [0, 0.05) is 48.5 Å². The Kier molecular flexibility index (Phi) is 5.02. The summed E-state index contributed by atoms with van der Waals surface area (Å²) >= 11 is 0. The highest BCUT2D eigenvalue weighted by atomic mass is 16.2. The summed E-state index contributed by atoms with van der Waals surface area (Å²) in [6, 6.07) is 18.4. The molecule has 0 aliphatic carbocycles. The maximum atomic E-state index is 12.4. The molecule has 156 valence electrons. The van der Waals surface area contributed by atoms with Gasteiger partial charge in [0.2, 0.25) is 5.91 Å². The average Bonchev–Trinajstić information content (AvgIpc) is 3.38. The Labute approximate surface area is 182 Å². The standard InChI is InChI=1S/C26H26N4O/c1-17-6-5-8-23-25(17)21(26(31)29-23)15-28-20-9-10-24(18(2)14-20)30-13-11-19(16-30)22-7-3-4-12-27-22/h3-10,12,14-15,19,21H,11,13,16H2,1-2H3,(H,29,31). The number of carbonyl (C=O) groups is 1. The predicted octanol–water partition coefficient (Wildman–Crippen LogP) is 5.13. The highest BCUT2D eigenvalue weighted by molar-refractivity contribution is 6.13. The first kappa shape index (κ1) is 19.5. The van der Waals surface area contributed by atoms with Gasteiger partial charge in [-0.05, 0) is 73.4 Å². The maximum Gasteiger partial charge on any atom is 0.237 e. The van der Waals surface area contributed by atoms with Gasteiger partial charge >= 0.3 is 0 Å². The molecule has 1 saturated heterocycles. The molecule has 1 fully saturated rings. The first-order chi connectivity index (χ1) is 15.1. The number of rotatable bonds is 4. The van der Waals surface area contributed by atoms with Crippen LogP contribution < -0.4 is 10.2 Å². The minimum Gasteiger partial charge on any atom is -0.371 e. The van der Waals surface area contributed by atoms with Gasteiger partial charge in [0.25, 0.3) is 0 Å². The lowest BCUT2D eigenvalue weighted by Gasteiger charge is -2.21. The van der Waals surface area contributed by atoms with Crippen molar-refractivity contribution in [3.05, 3.63) is 83.2 Å². The monoisotopic (exact) mass is 410 g/mol. The largest absolute Gasteiger partial charge is 0.371 e. The molecule has 5 rings (SSSR count). The number of nitrogens with one attached hydrogen (secondary N) is 1. The van der Waals surface area contributed by atoms with Gasteiger partial charge in [0.1, 0.15) is 5.92 Å². The third kappa shape index (κ3) is 3.72. The highest BCUT2D eigenvalue weighted by Gasteiger charge is 2.30. The van der Waals surface area contributed by atoms with E-state index in [1.165, 1.54) is 16.9 Å². The quantitative estimate of drug-likeness (QED) is 0.607. The van der Waals surface area contributed by atoms with Crippen molar-refractivity contribution in [1.82, 2.24) is 4.98 Å². The van der Waals surface area contributed by atoms with Crippen molar-refractivity contribution in [2.45, 2.75) is 32.1 Å².